The number of rotatable bonds is 4. The van der Waals surface area contributed by atoms with Gasteiger partial charge in [-0.15, -0.1) is 0 Å². The van der Waals surface area contributed by atoms with Gasteiger partial charge >= 0.3 is 0 Å². The van der Waals surface area contributed by atoms with E-state index in [1.165, 1.54) is 12.1 Å². The molecular formula is C10H10N2O3S2. The molecule has 0 unspecified atom stereocenters. The monoisotopic (exact) mass is 270 g/mol. The van der Waals surface area contributed by atoms with Crippen molar-refractivity contribution in [1.82, 2.24) is 4.72 Å². The van der Waals surface area contributed by atoms with Gasteiger partial charge in [0.05, 0.1) is 10.6 Å². The Balaban J connectivity index is 2.79. The predicted octanol–water partition coefficient (Wildman–Crippen LogP) is 1.01. The molecule has 17 heavy (non-hydrogen) atoms. The first-order valence-electron chi connectivity index (χ1n) is 4.59. The second kappa shape index (κ2) is 5.70. The molecule has 0 saturated heterocycles. The van der Waals surface area contributed by atoms with E-state index < -0.39 is 15.9 Å². The molecule has 1 N–H and O–H groups in total. The summed E-state index contributed by atoms with van der Waals surface area (Å²) in [6.07, 6.45) is 0. The van der Waals surface area contributed by atoms with E-state index in [2.05, 4.69) is 0 Å². The summed E-state index contributed by atoms with van der Waals surface area (Å²) in [6, 6.07) is 6.12. The van der Waals surface area contributed by atoms with Gasteiger partial charge in [-0.1, -0.05) is 17.7 Å². The van der Waals surface area contributed by atoms with E-state index in [9.17, 15) is 13.2 Å². The zero-order valence-corrected chi connectivity index (χ0v) is 10.6. The molecule has 0 fully saturated rings. The zero-order valence-electron chi connectivity index (χ0n) is 9.00. The summed E-state index contributed by atoms with van der Waals surface area (Å²) in [5.41, 5.74) is 0.926. The van der Waals surface area contributed by atoms with Gasteiger partial charge in [-0.3, -0.25) is 4.79 Å². The van der Waals surface area contributed by atoms with Crippen molar-refractivity contribution in [3.05, 3.63) is 29.8 Å². The molecule has 0 radical (unpaired) electrons. The molecule has 1 aromatic carbocycles. The summed E-state index contributed by atoms with van der Waals surface area (Å²) in [4.78, 5) is 11.2. The summed E-state index contributed by atoms with van der Waals surface area (Å²) in [7, 11) is -3.83. The van der Waals surface area contributed by atoms with E-state index in [1.807, 2.05) is 11.6 Å². The van der Waals surface area contributed by atoms with Crippen LogP contribution < -0.4 is 4.72 Å². The fourth-order valence-electron chi connectivity index (χ4n) is 1.05. The number of hydrogen-bond acceptors (Lipinski definition) is 5. The summed E-state index contributed by atoms with van der Waals surface area (Å²) in [5.74, 6) is -0.918. The maximum atomic E-state index is 11.7. The molecule has 1 aromatic rings. The number of sulfonamides is 1. The first kappa shape index (κ1) is 13.5. The topological polar surface area (TPSA) is 87.0 Å². The van der Waals surface area contributed by atoms with E-state index in [4.69, 9.17) is 5.26 Å². The normalized spacial score (nSPS) is 10.6. The highest BCUT2D eigenvalue weighted by atomic mass is 32.2. The highest BCUT2D eigenvalue weighted by Gasteiger charge is 2.16. The minimum absolute atomic E-state index is 0.0263. The van der Waals surface area contributed by atoms with Crippen molar-refractivity contribution in [1.29, 1.82) is 5.26 Å². The molecule has 0 bridgehead atoms. The maximum Gasteiger partial charge on any atom is 0.264 e. The van der Waals surface area contributed by atoms with E-state index in [-0.39, 0.29) is 10.6 Å². The van der Waals surface area contributed by atoms with Gasteiger partial charge in [-0.05, 0) is 30.8 Å². The Kier molecular flexibility index (Phi) is 4.54. The fourth-order valence-corrected chi connectivity index (χ4v) is 2.40. The third-order valence-corrected chi connectivity index (χ3v) is 3.77. The lowest BCUT2D eigenvalue weighted by Crippen LogP contribution is -2.31. The minimum Gasteiger partial charge on any atom is -0.273 e. The zero-order chi connectivity index (χ0) is 12.9. The number of nitrogens with zero attached hydrogens (tertiary/aromatic N) is 1. The van der Waals surface area contributed by atoms with Gasteiger partial charge in [0.25, 0.3) is 10.0 Å². The van der Waals surface area contributed by atoms with E-state index in [0.717, 1.165) is 5.56 Å². The van der Waals surface area contributed by atoms with Gasteiger partial charge in [0.2, 0.25) is 5.91 Å². The highest BCUT2D eigenvalue weighted by Crippen LogP contribution is 2.10. The Hall–Kier alpha value is -1.52. The number of thiocyanates is 1. The second-order valence-corrected chi connectivity index (χ2v) is 5.66. The Morgan fingerprint density at radius 3 is 2.53 bits per heavy atom. The summed E-state index contributed by atoms with van der Waals surface area (Å²) >= 11 is 0.684. The predicted molar refractivity (Wildman–Crippen MR) is 64.6 cm³/mol. The molecule has 5 nitrogen and oxygen atoms in total. The molecule has 0 saturated carbocycles. The summed E-state index contributed by atoms with van der Waals surface area (Å²) < 4.78 is 25.3. The summed E-state index contributed by atoms with van der Waals surface area (Å²) in [5, 5.41) is 9.94. The summed E-state index contributed by atoms with van der Waals surface area (Å²) in [6.45, 7) is 1.83. The van der Waals surface area contributed by atoms with E-state index in [1.54, 1.807) is 17.5 Å². The molecule has 0 aliphatic carbocycles. The molecular weight excluding hydrogens is 260 g/mol. The van der Waals surface area contributed by atoms with Crippen LogP contribution in [0.5, 0.6) is 0 Å². The molecule has 7 heteroatoms. The van der Waals surface area contributed by atoms with Gasteiger partial charge in [0.15, 0.2) is 0 Å². The molecule has 0 atom stereocenters. The van der Waals surface area contributed by atoms with Crippen molar-refractivity contribution in [3.63, 3.8) is 0 Å². The first-order valence-corrected chi connectivity index (χ1v) is 7.06. The number of thioether (sulfide) groups is 1. The highest BCUT2D eigenvalue weighted by molar-refractivity contribution is 8.04. The van der Waals surface area contributed by atoms with Crippen LogP contribution >= 0.6 is 11.8 Å². The van der Waals surface area contributed by atoms with Crippen LogP contribution in [0.3, 0.4) is 0 Å². The lowest BCUT2D eigenvalue weighted by molar-refractivity contribution is -0.116. The van der Waals surface area contributed by atoms with E-state index in [0.29, 0.717) is 11.8 Å². The van der Waals surface area contributed by atoms with Crippen LogP contribution in [-0.2, 0) is 14.8 Å². The van der Waals surface area contributed by atoms with Crippen LogP contribution in [0.25, 0.3) is 0 Å². The average Bonchev–Trinajstić information content (AvgIpc) is 2.26. The standard InChI is InChI=1S/C10H10N2O3S2/c1-8-2-4-9(5-3-8)17(14,15)12-10(13)6-16-7-11/h2-5H,6H2,1H3,(H,12,13). The number of hydrogen-bond donors (Lipinski definition) is 1. The second-order valence-electron chi connectivity index (χ2n) is 3.22. The molecule has 0 heterocycles. The number of nitrogens with one attached hydrogen (secondary N) is 1. The third kappa shape index (κ3) is 4.09. The quantitative estimate of drug-likeness (QED) is 0.825. The van der Waals surface area contributed by atoms with Crippen LogP contribution in [0.1, 0.15) is 5.56 Å². The molecule has 0 spiro atoms. The number of benzene rings is 1. The smallest absolute Gasteiger partial charge is 0.264 e. The average molecular weight is 270 g/mol. The van der Waals surface area contributed by atoms with Gasteiger partial charge < -0.3 is 0 Å². The van der Waals surface area contributed by atoms with Crippen LogP contribution in [0.15, 0.2) is 29.2 Å². The van der Waals surface area contributed by atoms with Gasteiger partial charge in [-0.2, -0.15) is 5.26 Å². The van der Waals surface area contributed by atoms with Crippen molar-refractivity contribution < 1.29 is 13.2 Å². The van der Waals surface area contributed by atoms with Crippen molar-refractivity contribution in [2.75, 3.05) is 5.75 Å². The van der Waals surface area contributed by atoms with Gasteiger partial charge in [0, 0.05) is 0 Å². The number of nitriles is 1. The third-order valence-electron chi connectivity index (χ3n) is 1.85. The minimum atomic E-state index is -3.83. The first-order chi connectivity index (χ1) is 7.95. The van der Waals surface area contributed by atoms with Crippen molar-refractivity contribution >= 4 is 27.7 Å². The maximum absolute atomic E-state index is 11.7. The van der Waals surface area contributed by atoms with Crippen LogP contribution in [-0.4, -0.2) is 20.1 Å². The number of carbonyl (C=O) groups is 1. The number of aryl methyl sites for hydroxylation is 1. The molecule has 1 amide bonds. The fraction of sp³-hybridized carbons (Fsp3) is 0.200. The Morgan fingerprint density at radius 1 is 1.41 bits per heavy atom. The van der Waals surface area contributed by atoms with Crippen molar-refractivity contribution in [3.8, 4) is 5.40 Å². The van der Waals surface area contributed by atoms with Crippen molar-refractivity contribution in [2.45, 2.75) is 11.8 Å². The van der Waals surface area contributed by atoms with Crippen molar-refractivity contribution in [2.24, 2.45) is 0 Å². The lowest BCUT2D eigenvalue weighted by Gasteiger charge is -2.05. The van der Waals surface area contributed by atoms with Crippen LogP contribution in [0.4, 0.5) is 0 Å². The number of amides is 1. The number of carbonyl (C=O) groups excluding carboxylic acids is 1. The Morgan fingerprint density at radius 2 is 2.00 bits per heavy atom. The van der Waals surface area contributed by atoms with Crippen LogP contribution in [0, 0.1) is 17.6 Å². The van der Waals surface area contributed by atoms with Gasteiger partial charge in [-0.25, -0.2) is 13.1 Å². The van der Waals surface area contributed by atoms with Gasteiger partial charge in [0.1, 0.15) is 5.40 Å². The molecule has 1 rings (SSSR count). The Bertz CT molecular complexity index is 544. The van der Waals surface area contributed by atoms with Crippen LogP contribution in [0.2, 0.25) is 0 Å². The molecule has 0 aromatic heterocycles. The Labute approximate surface area is 104 Å². The largest absolute Gasteiger partial charge is 0.273 e. The SMILES string of the molecule is Cc1ccc(S(=O)(=O)NC(=O)CSC#N)cc1. The molecule has 90 valence electrons. The lowest BCUT2D eigenvalue weighted by atomic mass is 10.2. The van der Waals surface area contributed by atoms with E-state index >= 15 is 0 Å². The molecule has 0 aliphatic rings. The molecule has 0 aliphatic heterocycles.